The SMILES string of the molecule is C=C(Br)CNc1nccn(C)c1=O. The predicted molar refractivity (Wildman–Crippen MR) is 56.0 cm³/mol. The van der Waals surface area contributed by atoms with Crippen molar-refractivity contribution in [3.8, 4) is 0 Å². The monoisotopic (exact) mass is 243 g/mol. The molecule has 5 heteroatoms. The van der Waals surface area contributed by atoms with E-state index in [1.165, 1.54) is 4.57 Å². The zero-order valence-electron chi connectivity index (χ0n) is 7.25. The standard InChI is InChI=1S/C8H10BrN3O/c1-6(9)5-11-7-8(13)12(2)4-3-10-7/h3-4H,1,5H2,2H3,(H,10,11). The lowest BCUT2D eigenvalue weighted by molar-refractivity contribution is 0.842. The van der Waals surface area contributed by atoms with Gasteiger partial charge in [0.05, 0.1) is 0 Å². The molecular formula is C8H10BrN3O. The Kier molecular flexibility index (Phi) is 3.25. The first kappa shape index (κ1) is 9.98. The smallest absolute Gasteiger partial charge is 0.293 e. The summed E-state index contributed by atoms with van der Waals surface area (Å²) in [7, 11) is 1.68. The molecule has 0 atom stereocenters. The second-order valence-corrected chi connectivity index (χ2v) is 3.68. The zero-order valence-corrected chi connectivity index (χ0v) is 8.84. The zero-order chi connectivity index (χ0) is 9.84. The molecule has 0 saturated carbocycles. The Morgan fingerprint density at radius 3 is 3.15 bits per heavy atom. The predicted octanol–water partition coefficient (Wildman–Crippen LogP) is 1.10. The van der Waals surface area contributed by atoms with Crippen LogP contribution in [0.25, 0.3) is 0 Å². The molecule has 0 amide bonds. The van der Waals surface area contributed by atoms with Gasteiger partial charge >= 0.3 is 0 Å². The first-order chi connectivity index (χ1) is 6.11. The van der Waals surface area contributed by atoms with Crippen LogP contribution in [0.3, 0.4) is 0 Å². The van der Waals surface area contributed by atoms with E-state index in [1.54, 1.807) is 19.4 Å². The first-order valence-electron chi connectivity index (χ1n) is 3.70. The van der Waals surface area contributed by atoms with Crippen molar-refractivity contribution in [3.05, 3.63) is 33.8 Å². The highest BCUT2D eigenvalue weighted by atomic mass is 79.9. The van der Waals surface area contributed by atoms with E-state index in [9.17, 15) is 4.79 Å². The van der Waals surface area contributed by atoms with E-state index in [0.29, 0.717) is 12.4 Å². The third-order valence-corrected chi connectivity index (χ3v) is 1.74. The summed E-state index contributed by atoms with van der Waals surface area (Å²) >= 11 is 3.18. The molecular weight excluding hydrogens is 234 g/mol. The first-order valence-corrected chi connectivity index (χ1v) is 4.49. The van der Waals surface area contributed by atoms with Crippen molar-refractivity contribution in [2.45, 2.75) is 0 Å². The second kappa shape index (κ2) is 4.23. The number of halogens is 1. The molecule has 1 aromatic heterocycles. The van der Waals surface area contributed by atoms with Crippen molar-refractivity contribution < 1.29 is 0 Å². The van der Waals surface area contributed by atoms with E-state index < -0.39 is 0 Å². The molecule has 0 bridgehead atoms. The largest absolute Gasteiger partial charge is 0.361 e. The van der Waals surface area contributed by atoms with Gasteiger partial charge < -0.3 is 9.88 Å². The molecule has 0 fully saturated rings. The van der Waals surface area contributed by atoms with Gasteiger partial charge in [0.1, 0.15) is 0 Å². The maximum atomic E-state index is 11.4. The molecule has 1 heterocycles. The summed E-state index contributed by atoms with van der Waals surface area (Å²) in [5.74, 6) is 0.339. The molecule has 0 unspecified atom stereocenters. The molecule has 0 aromatic carbocycles. The lowest BCUT2D eigenvalue weighted by atomic mass is 10.5. The third-order valence-electron chi connectivity index (χ3n) is 1.46. The molecule has 0 radical (unpaired) electrons. The minimum absolute atomic E-state index is 0.142. The van der Waals surface area contributed by atoms with Gasteiger partial charge in [0.15, 0.2) is 5.82 Å². The summed E-state index contributed by atoms with van der Waals surface area (Å²) < 4.78 is 2.24. The normalized spacial score (nSPS) is 9.69. The lowest BCUT2D eigenvalue weighted by Crippen LogP contribution is -2.22. The number of nitrogens with zero attached hydrogens (tertiary/aromatic N) is 2. The summed E-state index contributed by atoms with van der Waals surface area (Å²) in [6, 6.07) is 0. The number of hydrogen-bond acceptors (Lipinski definition) is 3. The van der Waals surface area contributed by atoms with Crippen molar-refractivity contribution >= 4 is 21.7 Å². The van der Waals surface area contributed by atoms with Crippen molar-refractivity contribution in [2.75, 3.05) is 11.9 Å². The van der Waals surface area contributed by atoms with Crippen LogP contribution in [0.5, 0.6) is 0 Å². The number of nitrogens with one attached hydrogen (secondary N) is 1. The average Bonchev–Trinajstić information content (AvgIpc) is 2.07. The summed E-state index contributed by atoms with van der Waals surface area (Å²) in [4.78, 5) is 15.3. The Labute approximate surface area is 84.4 Å². The minimum Gasteiger partial charge on any atom is -0.361 e. The van der Waals surface area contributed by atoms with Gasteiger partial charge in [-0.3, -0.25) is 4.79 Å². The van der Waals surface area contributed by atoms with Crippen molar-refractivity contribution in [1.82, 2.24) is 9.55 Å². The van der Waals surface area contributed by atoms with Crippen molar-refractivity contribution in [3.63, 3.8) is 0 Å². The average molecular weight is 244 g/mol. The van der Waals surface area contributed by atoms with E-state index in [2.05, 4.69) is 32.8 Å². The maximum absolute atomic E-state index is 11.4. The number of aryl methyl sites for hydroxylation is 1. The van der Waals surface area contributed by atoms with Gasteiger partial charge in [-0.15, -0.1) is 0 Å². The Morgan fingerprint density at radius 1 is 1.85 bits per heavy atom. The minimum atomic E-state index is -0.142. The van der Waals surface area contributed by atoms with Gasteiger partial charge in [-0.1, -0.05) is 22.5 Å². The van der Waals surface area contributed by atoms with E-state index in [0.717, 1.165) is 4.48 Å². The lowest BCUT2D eigenvalue weighted by Gasteiger charge is -2.03. The fourth-order valence-corrected chi connectivity index (χ4v) is 0.939. The van der Waals surface area contributed by atoms with E-state index in [4.69, 9.17) is 0 Å². The third kappa shape index (κ3) is 2.69. The molecule has 0 aliphatic carbocycles. The summed E-state index contributed by atoms with van der Waals surface area (Å²) in [5, 5.41) is 2.86. The van der Waals surface area contributed by atoms with Crippen molar-refractivity contribution in [1.29, 1.82) is 0 Å². The highest BCUT2D eigenvalue weighted by Crippen LogP contribution is 2.00. The Bertz CT molecular complexity index is 372. The fraction of sp³-hybridized carbons (Fsp3) is 0.250. The highest BCUT2D eigenvalue weighted by molar-refractivity contribution is 9.11. The van der Waals surface area contributed by atoms with Crippen LogP contribution < -0.4 is 10.9 Å². The molecule has 0 spiro atoms. The van der Waals surface area contributed by atoms with E-state index in [-0.39, 0.29) is 5.56 Å². The van der Waals surface area contributed by atoms with E-state index in [1.807, 2.05) is 0 Å². The van der Waals surface area contributed by atoms with Gasteiger partial charge in [0.2, 0.25) is 0 Å². The number of rotatable bonds is 3. The molecule has 1 aromatic rings. The van der Waals surface area contributed by atoms with Crippen LogP contribution in [0.15, 0.2) is 28.2 Å². The topological polar surface area (TPSA) is 46.9 Å². The Hall–Kier alpha value is -1.10. The number of aromatic nitrogens is 2. The van der Waals surface area contributed by atoms with Crippen molar-refractivity contribution in [2.24, 2.45) is 7.05 Å². The van der Waals surface area contributed by atoms with Gasteiger partial charge in [-0.25, -0.2) is 4.98 Å². The molecule has 70 valence electrons. The van der Waals surface area contributed by atoms with Crippen LogP contribution in [0, 0.1) is 0 Å². The van der Waals surface area contributed by atoms with Crippen LogP contribution in [-0.4, -0.2) is 16.1 Å². The van der Waals surface area contributed by atoms with Crippen LogP contribution in [0.4, 0.5) is 5.82 Å². The molecule has 13 heavy (non-hydrogen) atoms. The maximum Gasteiger partial charge on any atom is 0.293 e. The molecule has 0 aliphatic heterocycles. The van der Waals surface area contributed by atoms with Crippen LogP contribution in [0.1, 0.15) is 0 Å². The van der Waals surface area contributed by atoms with Gasteiger partial charge in [-0.2, -0.15) is 0 Å². The molecule has 4 nitrogen and oxygen atoms in total. The van der Waals surface area contributed by atoms with Gasteiger partial charge in [0, 0.05) is 30.5 Å². The quantitative estimate of drug-likeness (QED) is 0.866. The summed E-state index contributed by atoms with van der Waals surface area (Å²) in [5.41, 5.74) is -0.142. The van der Waals surface area contributed by atoms with Gasteiger partial charge in [-0.05, 0) is 0 Å². The molecule has 1 N–H and O–H groups in total. The Balaban J connectivity index is 2.84. The number of hydrogen-bond donors (Lipinski definition) is 1. The summed E-state index contributed by atoms with van der Waals surface area (Å²) in [6.07, 6.45) is 3.18. The van der Waals surface area contributed by atoms with Crippen LogP contribution in [0.2, 0.25) is 0 Å². The highest BCUT2D eigenvalue weighted by Gasteiger charge is 2.00. The molecule has 0 saturated heterocycles. The fourth-order valence-electron chi connectivity index (χ4n) is 0.799. The van der Waals surface area contributed by atoms with Crippen LogP contribution >= 0.6 is 15.9 Å². The molecule has 0 aliphatic rings. The van der Waals surface area contributed by atoms with E-state index >= 15 is 0 Å². The number of anilines is 1. The second-order valence-electron chi connectivity index (χ2n) is 2.56. The van der Waals surface area contributed by atoms with Gasteiger partial charge in [0.25, 0.3) is 5.56 Å². The molecule has 1 rings (SSSR count). The Morgan fingerprint density at radius 2 is 2.54 bits per heavy atom. The summed E-state index contributed by atoms with van der Waals surface area (Å²) in [6.45, 7) is 4.13. The van der Waals surface area contributed by atoms with Crippen LogP contribution in [-0.2, 0) is 7.05 Å².